The molecule has 0 radical (unpaired) electrons. The summed E-state index contributed by atoms with van der Waals surface area (Å²) in [6, 6.07) is 17.1. The van der Waals surface area contributed by atoms with Gasteiger partial charge in [0.15, 0.2) is 0 Å². The van der Waals surface area contributed by atoms with Crippen LogP contribution in [0.15, 0.2) is 71.6 Å². The van der Waals surface area contributed by atoms with E-state index < -0.39 is 34.5 Å². The summed E-state index contributed by atoms with van der Waals surface area (Å²) in [5.74, 6) is -0.915. The number of aliphatic carboxylic acids is 1. The third-order valence-electron chi connectivity index (χ3n) is 5.95. The van der Waals surface area contributed by atoms with Crippen molar-refractivity contribution in [3.8, 4) is 0 Å². The highest BCUT2D eigenvalue weighted by molar-refractivity contribution is 7.89. The van der Waals surface area contributed by atoms with Crippen molar-refractivity contribution in [1.82, 2.24) is 15.0 Å². The van der Waals surface area contributed by atoms with Crippen molar-refractivity contribution in [2.75, 3.05) is 18.4 Å². The Bertz CT molecular complexity index is 1330. The summed E-state index contributed by atoms with van der Waals surface area (Å²) in [4.78, 5) is 28.8. The predicted molar refractivity (Wildman–Crippen MR) is 135 cm³/mol. The van der Waals surface area contributed by atoms with Crippen LogP contribution in [-0.2, 0) is 34.1 Å². The minimum atomic E-state index is -4.05. The van der Waals surface area contributed by atoms with Gasteiger partial charge in [-0.3, -0.25) is 9.59 Å². The Labute approximate surface area is 210 Å². The number of carbonyl (C=O) groups is 2. The molecule has 36 heavy (non-hydrogen) atoms. The predicted octanol–water partition coefficient (Wildman–Crippen LogP) is 2.39. The fraction of sp³-hybridized carbons (Fsp3) is 0.269. The number of carbonyl (C=O) groups excluding carboxylic acids is 1. The highest BCUT2D eigenvalue weighted by Gasteiger charge is 2.26. The molecule has 10 heteroatoms. The van der Waals surface area contributed by atoms with Crippen molar-refractivity contribution < 1.29 is 23.1 Å². The summed E-state index contributed by atoms with van der Waals surface area (Å²) < 4.78 is 27.0. The van der Waals surface area contributed by atoms with Gasteiger partial charge in [0, 0.05) is 24.3 Å². The van der Waals surface area contributed by atoms with E-state index in [1.165, 1.54) is 29.8 Å². The fourth-order valence-electron chi connectivity index (χ4n) is 3.93. The lowest BCUT2D eigenvalue weighted by atomic mass is 10.0. The van der Waals surface area contributed by atoms with E-state index in [0.717, 1.165) is 49.3 Å². The molecule has 1 aromatic heterocycles. The first-order valence-corrected chi connectivity index (χ1v) is 13.2. The molecular weight excluding hydrogens is 480 g/mol. The SMILES string of the molecule is O=C(NC[C@H](NS(=O)(=O)c1ccccc1)C(=O)O)c1ccc(CCc2ccc3c(n2)NCCC3)cc1. The first-order chi connectivity index (χ1) is 17.3. The molecule has 1 aliphatic rings. The van der Waals surface area contributed by atoms with E-state index in [0.29, 0.717) is 5.56 Å². The van der Waals surface area contributed by atoms with Gasteiger partial charge in [-0.25, -0.2) is 13.4 Å². The average Bonchev–Trinajstić information content (AvgIpc) is 2.90. The molecule has 1 atom stereocenters. The number of rotatable bonds is 10. The summed E-state index contributed by atoms with van der Waals surface area (Å²) >= 11 is 0. The lowest BCUT2D eigenvalue weighted by molar-refractivity contribution is -0.138. The number of pyridine rings is 1. The number of fused-ring (bicyclic) bond motifs is 1. The fourth-order valence-corrected chi connectivity index (χ4v) is 5.14. The van der Waals surface area contributed by atoms with E-state index in [9.17, 15) is 23.1 Å². The minimum Gasteiger partial charge on any atom is -0.480 e. The zero-order chi connectivity index (χ0) is 25.5. The second-order valence-corrected chi connectivity index (χ2v) is 10.3. The maximum Gasteiger partial charge on any atom is 0.323 e. The van der Waals surface area contributed by atoms with E-state index in [4.69, 9.17) is 4.98 Å². The monoisotopic (exact) mass is 508 g/mol. The second kappa shape index (κ2) is 11.3. The molecule has 1 aliphatic heterocycles. The smallest absolute Gasteiger partial charge is 0.323 e. The molecule has 0 saturated heterocycles. The normalized spacial score (nSPS) is 13.8. The molecule has 9 nitrogen and oxygen atoms in total. The number of sulfonamides is 1. The molecule has 188 valence electrons. The van der Waals surface area contributed by atoms with Crippen LogP contribution in [0.4, 0.5) is 5.82 Å². The quantitative estimate of drug-likeness (QED) is 0.330. The van der Waals surface area contributed by atoms with E-state index in [-0.39, 0.29) is 4.90 Å². The number of amides is 1. The molecule has 3 aromatic rings. The lowest BCUT2D eigenvalue weighted by Gasteiger charge is -2.17. The molecule has 0 unspecified atom stereocenters. The molecule has 0 saturated carbocycles. The van der Waals surface area contributed by atoms with Crippen LogP contribution in [-0.4, -0.2) is 49.5 Å². The second-order valence-electron chi connectivity index (χ2n) is 8.57. The maximum absolute atomic E-state index is 12.5. The Kier molecular flexibility index (Phi) is 7.97. The number of benzene rings is 2. The maximum atomic E-state index is 12.5. The summed E-state index contributed by atoms with van der Waals surface area (Å²) in [7, 11) is -4.05. The highest BCUT2D eigenvalue weighted by Crippen LogP contribution is 2.20. The largest absolute Gasteiger partial charge is 0.480 e. The number of nitrogens with zero attached hydrogens (tertiary/aromatic N) is 1. The molecule has 0 fully saturated rings. The highest BCUT2D eigenvalue weighted by atomic mass is 32.2. The number of hydrogen-bond donors (Lipinski definition) is 4. The van der Waals surface area contributed by atoms with Crippen LogP contribution in [0.1, 0.15) is 33.6 Å². The minimum absolute atomic E-state index is 0.0555. The van der Waals surface area contributed by atoms with Gasteiger partial charge in [0.05, 0.1) is 4.90 Å². The first kappa shape index (κ1) is 25.3. The Morgan fingerprint density at radius 1 is 1.00 bits per heavy atom. The van der Waals surface area contributed by atoms with Gasteiger partial charge in [-0.1, -0.05) is 36.4 Å². The van der Waals surface area contributed by atoms with Crippen LogP contribution in [0.3, 0.4) is 0 Å². The van der Waals surface area contributed by atoms with Gasteiger partial charge in [-0.2, -0.15) is 4.72 Å². The van der Waals surface area contributed by atoms with Crippen molar-refractivity contribution in [3.05, 3.63) is 89.1 Å². The van der Waals surface area contributed by atoms with Gasteiger partial charge >= 0.3 is 5.97 Å². The van der Waals surface area contributed by atoms with Crippen LogP contribution < -0.4 is 15.4 Å². The molecule has 0 spiro atoms. The molecular formula is C26H28N4O5S. The van der Waals surface area contributed by atoms with Crippen molar-refractivity contribution in [3.63, 3.8) is 0 Å². The Morgan fingerprint density at radius 3 is 2.47 bits per heavy atom. The van der Waals surface area contributed by atoms with E-state index in [1.807, 2.05) is 12.1 Å². The third-order valence-corrected chi connectivity index (χ3v) is 7.44. The Balaban J connectivity index is 1.31. The van der Waals surface area contributed by atoms with Crippen LogP contribution in [0.5, 0.6) is 0 Å². The topological polar surface area (TPSA) is 137 Å². The van der Waals surface area contributed by atoms with Gasteiger partial charge < -0.3 is 15.7 Å². The summed E-state index contributed by atoms with van der Waals surface area (Å²) in [6.45, 7) is 0.541. The van der Waals surface area contributed by atoms with Gasteiger partial charge in [0.2, 0.25) is 10.0 Å². The van der Waals surface area contributed by atoms with Crippen molar-refractivity contribution >= 4 is 27.7 Å². The summed E-state index contributed by atoms with van der Waals surface area (Å²) in [5, 5.41) is 15.3. The number of aryl methyl sites for hydroxylation is 3. The molecule has 0 aliphatic carbocycles. The molecule has 0 bridgehead atoms. The summed E-state index contributed by atoms with van der Waals surface area (Å²) in [6.07, 6.45) is 3.69. The van der Waals surface area contributed by atoms with E-state index in [1.54, 1.807) is 18.2 Å². The number of carboxylic acid groups (broad SMARTS) is 1. The van der Waals surface area contributed by atoms with E-state index >= 15 is 0 Å². The van der Waals surface area contributed by atoms with Crippen LogP contribution >= 0.6 is 0 Å². The molecule has 4 N–H and O–H groups in total. The van der Waals surface area contributed by atoms with Gasteiger partial charge in [0.25, 0.3) is 5.91 Å². The number of nitrogens with one attached hydrogen (secondary N) is 3. The van der Waals surface area contributed by atoms with Gasteiger partial charge in [-0.05, 0) is 67.1 Å². The van der Waals surface area contributed by atoms with Crippen molar-refractivity contribution in [1.29, 1.82) is 0 Å². The zero-order valence-corrected chi connectivity index (χ0v) is 20.4. The van der Waals surface area contributed by atoms with Crippen molar-refractivity contribution in [2.24, 2.45) is 0 Å². The molecule has 2 heterocycles. The Morgan fingerprint density at radius 2 is 1.75 bits per heavy atom. The molecule has 4 rings (SSSR count). The van der Waals surface area contributed by atoms with Crippen LogP contribution in [0, 0.1) is 0 Å². The third kappa shape index (κ3) is 6.46. The number of hydrogen-bond acceptors (Lipinski definition) is 6. The standard InChI is InChI=1S/C26H28N4O5S/c31-25(28-17-23(26(32)33)30-36(34,35)22-6-2-1-3-7-22)20-11-8-18(9-12-20)10-14-21-15-13-19-5-4-16-27-24(19)29-21/h1-3,6-9,11-13,15,23,30H,4-5,10,14,16-17H2,(H,27,29)(H,28,31)(H,32,33)/t23-/m0/s1. The van der Waals surface area contributed by atoms with E-state index in [2.05, 4.69) is 27.5 Å². The van der Waals surface area contributed by atoms with Crippen LogP contribution in [0.25, 0.3) is 0 Å². The number of anilines is 1. The number of carboxylic acids is 1. The van der Waals surface area contributed by atoms with Crippen molar-refractivity contribution in [2.45, 2.75) is 36.6 Å². The number of aromatic nitrogens is 1. The molecule has 1 amide bonds. The van der Waals surface area contributed by atoms with Gasteiger partial charge in [0.1, 0.15) is 11.9 Å². The zero-order valence-electron chi connectivity index (χ0n) is 19.6. The first-order valence-electron chi connectivity index (χ1n) is 11.7. The lowest BCUT2D eigenvalue weighted by Crippen LogP contribution is -2.48. The van der Waals surface area contributed by atoms with Crippen LogP contribution in [0.2, 0.25) is 0 Å². The van der Waals surface area contributed by atoms with Gasteiger partial charge in [-0.15, -0.1) is 0 Å². The Hall–Kier alpha value is -3.76. The molecule has 2 aromatic carbocycles. The average molecular weight is 509 g/mol. The summed E-state index contributed by atoms with van der Waals surface area (Å²) in [5.41, 5.74) is 3.64.